The van der Waals surface area contributed by atoms with Crippen LogP contribution in [0.3, 0.4) is 0 Å². The van der Waals surface area contributed by atoms with Crippen molar-refractivity contribution in [3.63, 3.8) is 0 Å². The van der Waals surface area contributed by atoms with Gasteiger partial charge in [-0.25, -0.2) is 0 Å². The fraction of sp³-hybridized carbons (Fsp3) is 0.143. The summed E-state index contributed by atoms with van der Waals surface area (Å²) in [6.07, 6.45) is 4.67. The number of hydrogen-bond acceptors (Lipinski definition) is 1. The standard InChI is InChI=1S/C28H28P2S/c31-30(27-19-9-3-10-20-27,28-21-11-4-12-22-28)24-14-13-23-29(25-15-5-1-6-16-25)26-17-7-2-8-18-26/h1-12,15-22H,13-14,23-24H2. The van der Waals surface area contributed by atoms with E-state index in [4.69, 9.17) is 11.8 Å². The van der Waals surface area contributed by atoms with Crippen molar-refractivity contribution in [1.29, 1.82) is 0 Å². The minimum absolute atomic E-state index is 0.329. The third-order valence-electron chi connectivity index (χ3n) is 5.59. The van der Waals surface area contributed by atoms with Gasteiger partial charge < -0.3 is 0 Å². The molecule has 31 heavy (non-hydrogen) atoms. The first-order valence-corrected chi connectivity index (χ1v) is 15.4. The molecule has 4 rings (SSSR count). The maximum Gasteiger partial charge on any atom is 0.0106 e. The van der Waals surface area contributed by atoms with Gasteiger partial charge in [-0.15, -0.1) is 0 Å². The van der Waals surface area contributed by atoms with Crippen LogP contribution in [0.4, 0.5) is 0 Å². The van der Waals surface area contributed by atoms with E-state index < -0.39 is 6.04 Å². The smallest absolute Gasteiger partial charge is 0.0106 e. The van der Waals surface area contributed by atoms with Crippen molar-refractivity contribution in [1.82, 2.24) is 0 Å². The summed E-state index contributed by atoms with van der Waals surface area (Å²) in [5.74, 6) is 0. The van der Waals surface area contributed by atoms with Crippen LogP contribution in [0.15, 0.2) is 121 Å². The largest absolute Gasteiger partial charge is 0.0876 e. The van der Waals surface area contributed by atoms with Gasteiger partial charge in [0.25, 0.3) is 0 Å². The van der Waals surface area contributed by atoms with Gasteiger partial charge in [0.1, 0.15) is 0 Å². The van der Waals surface area contributed by atoms with Crippen molar-refractivity contribution in [2.24, 2.45) is 0 Å². The molecule has 0 aliphatic carbocycles. The fourth-order valence-electron chi connectivity index (χ4n) is 3.97. The molecule has 0 aliphatic rings. The van der Waals surface area contributed by atoms with E-state index in [9.17, 15) is 0 Å². The minimum Gasteiger partial charge on any atom is -0.0876 e. The van der Waals surface area contributed by atoms with E-state index in [1.807, 2.05) is 0 Å². The van der Waals surface area contributed by atoms with Gasteiger partial charge in [0.15, 0.2) is 0 Å². The Labute approximate surface area is 193 Å². The van der Waals surface area contributed by atoms with E-state index in [0.29, 0.717) is 0 Å². The van der Waals surface area contributed by atoms with Crippen LogP contribution in [0.1, 0.15) is 12.8 Å². The van der Waals surface area contributed by atoms with E-state index in [-0.39, 0.29) is 7.92 Å². The zero-order chi connectivity index (χ0) is 21.4. The predicted octanol–water partition coefficient (Wildman–Crippen LogP) is 6.03. The second-order valence-corrected chi connectivity index (χ2v) is 14.8. The van der Waals surface area contributed by atoms with Gasteiger partial charge in [-0.3, -0.25) is 0 Å². The molecule has 0 unspecified atom stereocenters. The van der Waals surface area contributed by atoms with Crippen LogP contribution in [0.5, 0.6) is 0 Å². The average molecular weight is 459 g/mol. The molecule has 0 saturated carbocycles. The number of unbranched alkanes of at least 4 members (excludes halogenated alkanes) is 1. The quantitative estimate of drug-likeness (QED) is 0.218. The van der Waals surface area contributed by atoms with Gasteiger partial charge in [0, 0.05) is 6.04 Å². The molecule has 0 bridgehead atoms. The monoisotopic (exact) mass is 458 g/mol. The summed E-state index contributed by atoms with van der Waals surface area (Å²) in [5.41, 5.74) is 0. The van der Waals surface area contributed by atoms with E-state index in [0.717, 1.165) is 6.16 Å². The van der Waals surface area contributed by atoms with Gasteiger partial charge in [-0.1, -0.05) is 133 Å². The van der Waals surface area contributed by atoms with Crippen molar-refractivity contribution >= 4 is 47.0 Å². The Hall–Kier alpha value is -2.04. The van der Waals surface area contributed by atoms with E-state index >= 15 is 0 Å². The van der Waals surface area contributed by atoms with Crippen LogP contribution in [0.2, 0.25) is 0 Å². The van der Waals surface area contributed by atoms with Crippen LogP contribution in [0, 0.1) is 0 Å². The summed E-state index contributed by atoms with van der Waals surface area (Å²) in [7, 11) is -0.329. The van der Waals surface area contributed by atoms with Crippen LogP contribution >= 0.6 is 14.0 Å². The lowest BCUT2D eigenvalue weighted by molar-refractivity contribution is 0.901. The molecule has 0 radical (unpaired) electrons. The molecular weight excluding hydrogens is 430 g/mol. The fourth-order valence-corrected chi connectivity index (χ4v) is 10.3. The summed E-state index contributed by atoms with van der Waals surface area (Å²) < 4.78 is 0. The molecule has 0 saturated heterocycles. The highest BCUT2D eigenvalue weighted by Gasteiger charge is 2.22. The first-order valence-electron chi connectivity index (χ1n) is 10.9. The van der Waals surface area contributed by atoms with Crippen LogP contribution in [-0.4, -0.2) is 12.3 Å². The number of benzene rings is 4. The molecular formula is C28H28P2S. The molecule has 0 aliphatic heterocycles. The highest BCUT2D eigenvalue weighted by molar-refractivity contribution is 8.21. The molecule has 4 aromatic rings. The van der Waals surface area contributed by atoms with Gasteiger partial charge in [0.2, 0.25) is 0 Å². The Bertz CT molecular complexity index is 1010. The highest BCUT2D eigenvalue weighted by Crippen LogP contribution is 2.45. The summed E-state index contributed by atoms with van der Waals surface area (Å²) in [6, 6.07) is 41.9. The van der Waals surface area contributed by atoms with E-state index in [1.54, 1.807) is 0 Å². The SMILES string of the molecule is S=P(CCCCP(c1ccccc1)c1ccccc1)(c1ccccc1)c1ccccc1. The first kappa shape index (κ1) is 22.2. The van der Waals surface area contributed by atoms with Crippen molar-refractivity contribution in [2.45, 2.75) is 12.8 Å². The molecule has 0 N–H and O–H groups in total. The molecule has 0 aromatic heterocycles. The minimum atomic E-state index is -1.79. The normalized spacial score (nSPS) is 11.5. The summed E-state index contributed by atoms with van der Waals surface area (Å²) in [5, 5.41) is 5.61. The highest BCUT2D eigenvalue weighted by atomic mass is 32.4. The van der Waals surface area contributed by atoms with Crippen molar-refractivity contribution in [2.75, 3.05) is 12.3 Å². The van der Waals surface area contributed by atoms with Gasteiger partial charge in [0.05, 0.1) is 0 Å². The maximum atomic E-state index is 6.42. The van der Waals surface area contributed by atoms with Crippen LogP contribution < -0.4 is 21.2 Å². The molecule has 0 heterocycles. The second-order valence-electron chi connectivity index (χ2n) is 7.66. The summed E-state index contributed by atoms with van der Waals surface area (Å²) >= 11 is 6.42. The molecule has 3 heteroatoms. The van der Waals surface area contributed by atoms with E-state index in [1.165, 1.54) is 40.2 Å². The lowest BCUT2D eigenvalue weighted by Crippen LogP contribution is -2.19. The molecule has 0 nitrogen and oxygen atoms in total. The Balaban J connectivity index is 1.50. The third-order valence-corrected chi connectivity index (χ3v) is 13.2. The van der Waals surface area contributed by atoms with Crippen molar-refractivity contribution in [3.8, 4) is 0 Å². The molecule has 156 valence electrons. The zero-order valence-electron chi connectivity index (χ0n) is 17.7. The lowest BCUT2D eigenvalue weighted by Gasteiger charge is -2.24. The Kier molecular flexibility index (Phi) is 7.87. The number of hydrogen-bond donors (Lipinski definition) is 0. The van der Waals surface area contributed by atoms with Crippen LogP contribution in [0.25, 0.3) is 0 Å². The average Bonchev–Trinajstić information content (AvgIpc) is 2.86. The molecule has 0 spiro atoms. The Morgan fingerprint density at radius 1 is 0.516 bits per heavy atom. The van der Waals surface area contributed by atoms with Gasteiger partial charge in [-0.2, -0.15) is 0 Å². The maximum absolute atomic E-state index is 6.42. The van der Waals surface area contributed by atoms with Crippen molar-refractivity contribution < 1.29 is 0 Å². The van der Waals surface area contributed by atoms with Gasteiger partial charge >= 0.3 is 0 Å². The lowest BCUT2D eigenvalue weighted by atomic mass is 10.4. The first-order chi connectivity index (χ1) is 15.3. The molecule has 0 atom stereocenters. The second kappa shape index (κ2) is 11.0. The van der Waals surface area contributed by atoms with Crippen LogP contribution in [-0.2, 0) is 11.8 Å². The molecule has 0 amide bonds. The molecule has 0 fully saturated rings. The Morgan fingerprint density at radius 2 is 0.903 bits per heavy atom. The molecule has 4 aromatic carbocycles. The zero-order valence-corrected chi connectivity index (χ0v) is 20.3. The number of rotatable bonds is 9. The Morgan fingerprint density at radius 3 is 1.32 bits per heavy atom. The summed E-state index contributed by atoms with van der Waals surface area (Å²) in [6.45, 7) is 0. The van der Waals surface area contributed by atoms with Crippen molar-refractivity contribution in [3.05, 3.63) is 121 Å². The topological polar surface area (TPSA) is 0 Å². The summed E-state index contributed by atoms with van der Waals surface area (Å²) in [4.78, 5) is 0. The predicted molar refractivity (Wildman–Crippen MR) is 144 cm³/mol. The van der Waals surface area contributed by atoms with E-state index in [2.05, 4.69) is 121 Å². The van der Waals surface area contributed by atoms with Gasteiger partial charge in [-0.05, 0) is 54.3 Å². The third kappa shape index (κ3) is 5.61.